The molecule has 8 nitrogen and oxygen atoms in total. The zero-order valence-corrected chi connectivity index (χ0v) is 18.7. The van der Waals surface area contributed by atoms with Crippen LogP contribution in [0.5, 0.6) is 0 Å². The van der Waals surface area contributed by atoms with Gasteiger partial charge in [0.25, 0.3) is 0 Å². The van der Waals surface area contributed by atoms with E-state index in [2.05, 4.69) is 26.5 Å². The number of fused-ring (bicyclic) bond motifs is 1. The van der Waals surface area contributed by atoms with Gasteiger partial charge in [0.1, 0.15) is 29.1 Å². The van der Waals surface area contributed by atoms with Crippen molar-refractivity contribution in [2.75, 3.05) is 17.6 Å². The summed E-state index contributed by atoms with van der Waals surface area (Å²) in [7, 11) is 0. The molecule has 5 aromatic rings. The smallest absolute Gasteiger partial charge is 0.163 e. The van der Waals surface area contributed by atoms with Crippen molar-refractivity contribution in [3.63, 3.8) is 0 Å². The number of benzene rings is 2. The Morgan fingerprint density at radius 3 is 2.63 bits per heavy atom. The Morgan fingerprint density at radius 2 is 1.86 bits per heavy atom. The predicted octanol–water partition coefficient (Wildman–Crippen LogP) is 4.52. The fourth-order valence-electron chi connectivity index (χ4n) is 3.85. The number of nitrogen functional groups attached to an aromatic ring is 1. The number of hydrogen-bond acceptors (Lipinski definition) is 7. The molecule has 0 saturated heterocycles. The zero-order valence-electron chi connectivity index (χ0n) is 18.7. The fraction of sp³-hybridized carbons (Fsp3) is 0.115. The summed E-state index contributed by atoms with van der Waals surface area (Å²) in [5.41, 5.74) is 9.36. The van der Waals surface area contributed by atoms with Gasteiger partial charge in [-0.1, -0.05) is 12.1 Å². The van der Waals surface area contributed by atoms with Crippen molar-refractivity contribution < 1.29 is 4.39 Å². The Balaban J connectivity index is 1.34. The van der Waals surface area contributed by atoms with Gasteiger partial charge in [-0.05, 0) is 61.4 Å². The number of rotatable bonds is 7. The minimum atomic E-state index is -0.352. The molecule has 5 rings (SSSR count). The minimum absolute atomic E-state index is 0.241. The molecular weight excluding hydrogens is 443 g/mol. The van der Waals surface area contributed by atoms with E-state index in [0.29, 0.717) is 42.2 Å². The first-order valence-electron chi connectivity index (χ1n) is 11.1. The third kappa shape index (κ3) is 4.50. The minimum Gasteiger partial charge on any atom is -0.382 e. The predicted molar refractivity (Wildman–Crippen MR) is 132 cm³/mol. The number of nitrogens with zero attached hydrogens (tertiary/aromatic N) is 6. The number of nitrogens with two attached hydrogens (primary N) is 1. The zero-order chi connectivity index (χ0) is 24.2. The first kappa shape index (κ1) is 22.0. The van der Waals surface area contributed by atoms with Crippen LogP contribution >= 0.6 is 0 Å². The van der Waals surface area contributed by atoms with E-state index in [1.807, 2.05) is 36.4 Å². The molecule has 0 bridgehead atoms. The molecule has 0 atom stereocenters. The maximum absolute atomic E-state index is 13.3. The molecule has 0 aliphatic carbocycles. The van der Waals surface area contributed by atoms with Crippen LogP contribution in [0.1, 0.15) is 17.7 Å². The van der Waals surface area contributed by atoms with Crippen LogP contribution in [0.25, 0.3) is 28.0 Å². The van der Waals surface area contributed by atoms with Crippen molar-refractivity contribution in [3.05, 3.63) is 90.1 Å². The largest absolute Gasteiger partial charge is 0.382 e. The molecule has 0 radical (unpaired) electrons. The second-order valence-electron chi connectivity index (χ2n) is 7.89. The van der Waals surface area contributed by atoms with E-state index < -0.39 is 0 Å². The number of nitriles is 1. The monoisotopic (exact) mass is 464 g/mol. The highest BCUT2D eigenvalue weighted by molar-refractivity contribution is 5.90. The maximum Gasteiger partial charge on any atom is 0.163 e. The lowest BCUT2D eigenvalue weighted by Crippen LogP contribution is -2.07. The molecule has 0 saturated carbocycles. The molecule has 0 unspecified atom stereocenters. The average molecular weight is 465 g/mol. The molecule has 172 valence electrons. The summed E-state index contributed by atoms with van der Waals surface area (Å²) in [4.78, 5) is 13.6. The third-order valence-corrected chi connectivity index (χ3v) is 5.58. The lowest BCUT2D eigenvalue weighted by Gasteiger charge is -2.10. The highest BCUT2D eigenvalue weighted by Crippen LogP contribution is 2.25. The van der Waals surface area contributed by atoms with E-state index in [1.54, 1.807) is 24.5 Å². The van der Waals surface area contributed by atoms with Crippen LogP contribution < -0.4 is 11.1 Å². The third-order valence-electron chi connectivity index (χ3n) is 5.58. The van der Waals surface area contributed by atoms with Crippen molar-refractivity contribution >= 4 is 22.5 Å². The molecule has 0 fully saturated rings. The SMILES string of the molecule is N#Cc1c(CCCNc2nc(-c3cccnc3)nc3ccccc23)nn(-c2ccc(F)cc2)c1N. The average Bonchev–Trinajstić information content (AvgIpc) is 3.22. The van der Waals surface area contributed by atoms with Gasteiger partial charge in [0.05, 0.1) is 16.9 Å². The number of anilines is 2. The van der Waals surface area contributed by atoms with Crippen LogP contribution in [0, 0.1) is 17.1 Å². The van der Waals surface area contributed by atoms with E-state index in [9.17, 15) is 9.65 Å². The Morgan fingerprint density at radius 1 is 1.03 bits per heavy atom. The summed E-state index contributed by atoms with van der Waals surface area (Å²) in [5.74, 6) is 1.21. The van der Waals surface area contributed by atoms with Gasteiger partial charge >= 0.3 is 0 Å². The Hall–Kier alpha value is -4.84. The van der Waals surface area contributed by atoms with E-state index in [-0.39, 0.29) is 11.6 Å². The van der Waals surface area contributed by atoms with Crippen molar-refractivity contribution in [2.45, 2.75) is 12.8 Å². The van der Waals surface area contributed by atoms with Gasteiger partial charge in [0.2, 0.25) is 0 Å². The summed E-state index contributed by atoms with van der Waals surface area (Å²) < 4.78 is 14.8. The molecule has 0 aliphatic rings. The number of para-hydroxylation sites is 1. The Labute approximate surface area is 200 Å². The van der Waals surface area contributed by atoms with Crippen LogP contribution in [0.4, 0.5) is 16.0 Å². The summed E-state index contributed by atoms with van der Waals surface area (Å²) in [6, 6.07) is 19.5. The summed E-state index contributed by atoms with van der Waals surface area (Å²) in [6.45, 7) is 0.599. The van der Waals surface area contributed by atoms with Gasteiger partial charge in [-0.3, -0.25) is 4.98 Å². The lowest BCUT2D eigenvalue weighted by atomic mass is 10.1. The fourth-order valence-corrected chi connectivity index (χ4v) is 3.85. The van der Waals surface area contributed by atoms with Crippen molar-refractivity contribution in [1.29, 1.82) is 5.26 Å². The Kier molecular flexibility index (Phi) is 6.01. The van der Waals surface area contributed by atoms with Crippen LogP contribution in [0.15, 0.2) is 73.1 Å². The summed E-state index contributed by atoms with van der Waals surface area (Å²) in [5, 5.41) is 18.5. The molecule has 9 heteroatoms. The first-order chi connectivity index (χ1) is 17.1. The van der Waals surface area contributed by atoms with Crippen LogP contribution in [0.2, 0.25) is 0 Å². The number of pyridine rings is 1. The molecule has 3 N–H and O–H groups in total. The number of aryl methyl sites for hydroxylation is 1. The molecule has 0 aliphatic heterocycles. The normalized spacial score (nSPS) is 10.9. The van der Waals surface area contributed by atoms with E-state index >= 15 is 0 Å². The molecule has 35 heavy (non-hydrogen) atoms. The second kappa shape index (κ2) is 9.57. The van der Waals surface area contributed by atoms with E-state index in [4.69, 9.17) is 10.7 Å². The molecule has 3 aromatic heterocycles. The van der Waals surface area contributed by atoms with Gasteiger partial charge in [-0.15, -0.1) is 0 Å². The summed E-state index contributed by atoms with van der Waals surface area (Å²) >= 11 is 0. The molecular formula is C26H21FN8. The maximum atomic E-state index is 13.3. The van der Waals surface area contributed by atoms with Crippen LogP contribution in [-0.4, -0.2) is 31.3 Å². The van der Waals surface area contributed by atoms with Crippen molar-refractivity contribution in [3.8, 4) is 23.1 Å². The number of nitrogens with one attached hydrogen (secondary N) is 1. The number of aromatic nitrogens is 5. The van der Waals surface area contributed by atoms with Crippen LogP contribution in [0.3, 0.4) is 0 Å². The topological polar surface area (TPSA) is 118 Å². The van der Waals surface area contributed by atoms with Gasteiger partial charge in [0.15, 0.2) is 5.82 Å². The van der Waals surface area contributed by atoms with Gasteiger partial charge in [0, 0.05) is 29.9 Å². The van der Waals surface area contributed by atoms with E-state index in [0.717, 1.165) is 22.3 Å². The molecule has 2 aromatic carbocycles. The first-order valence-corrected chi connectivity index (χ1v) is 11.1. The highest BCUT2D eigenvalue weighted by Gasteiger charge is 2.16. The van der Waals surface area contributed by atoms with Crippen molar-refractivity contribution in [1.82, 2.24) is 24.7 Å². The van der Waals surface area contributed by atoms with E-state index in [1.165, 1.54) is 16.8 Å². The van der Waals surface area contributed by atoms with Gasteiger partial charge < -0.3 is 11.1 Å². The summed E-state index contributed by atoms with van der Waals surface area (Å²) in [6.07, 6.45) is 4.67. The van der Waals surface area contributed by atoms with Crippen molar-refractivity contribution in [2.24, 2.45) is 0 Å². The van der Waals surface area contributed by atoms with Crippen LogP contribution in [-0.2, 0) is 6.42 Å². The number of hydrogen-bond donors (Lipinski definition) is 2. The molecule has 3 heterocycles. The molecule has 0 amide bonds. The highest BCUT2D eigenvalue weighted by atomic mass is 19.1. The lowest BCUT2D eigenvalue weighted by molar-refractivity contribution is 0.627. The quantitative estimate of drug-likeness (QED) is 0.340. The van der Waals surface area contributed by atoms with Gasteiger partial charge in [-0.2, -0.15) is 10.4 Å². The Bertz CT molecular complexity index is 1520. The second-order valence-corrected chi connectivity index (χ2v) is 7.89. The van der Waals surface area contributed by atoms with Gasteiger partial charge in [-0.25, -0.2) is 19.0 Å². The standard InChI is InChI=1S/C26H21FN8/c27-18-9-11-19(12-10-18)35-24(29)21(15-28)23(34-35)8-4-14-31-26-20-6-1-2-7-22(20)32-25(33-26)17-5-3-13-30-16-17/h1-3,5-7,9-13,16H,4,8,14,29H2,(H,31,32,33). The number of halogens is 1. The molecule has 0 spiro atoms.